The lowest BCUT2D eigenvalue weighted by molar-refractivity contribution is -0.381. The van der Waals surface area contributed by atoms with Gasteiger partial charge in [-0.25, -0.2) is 9.59 Å². The molecule has 0 spiro atoms. The average Bonchev–Trinajstić information content (AvgIpc) is 3.56. The van der Waals surface area contributed by atoms with E-state index in [1.165, 1.54) is 13.8 Å². The quantitative estimate of drug-likeness (QED) is 0.0921. The first-order chi connectivity index (χ1) is 33.1. The van der Waals surface area contributed by atoms with Gasteiger partial charge in [0, 0.05) is 16.7 Å². The van der Waals surface area contributed by atoms with Crippen LogP contribution in [-0.4, -0.2) is 108 Å². The predicted octanol–water partition coefficient (Wildman–Crippen LogP) is 6.26. The maximum atomic E-state index is 14.2. The molecule has 4 heterocycles. The Labute approximate surface area is 393 Å². The number of aliphatic hydroxyl groups is 1. The number of ether oxygens (including phenoxy) is 9. The van der Waals surface area contributed by atoms with Crippen molar-refractivity contribution in [2.45, 2.75) is 94.7 Å². The number of esters is 2. The molecule has 3 saturated heterocycles. The molecule has 0 bridgehead atoms. The highest BCUT2D eigenvalue weighted by Gasteiger charge is 2.59. The van der Waals surface area contributed by atoms with Crippen LogP contribution >= 0.6 is 0 Å². The summed E-state index contributed by atoms with van der Waals surface area (Å²) in [5.74, 6) is -2.83. The van der Waals surface area contributed by atoms with Gasteiger partial charge in [-0.3, -0.25) is 14.5 Å². The first-order valence-corrected chi connectivity index (χ1v) is 22.5. The minimum Gasteiger partial charge on any atom is -0.452 e. The zero-order valence-electron chi connectivity index (χ0n) is 37.3. The van der Waals surface area contributed by atoms with Crippen molar-refractivity contribution in [3.05, 3.63) is 191 Å². The van der Waals surface area contributed by atoms with Crippen molar-refractivity contribution in [3.63, 3.8) is 0 Å². The van der Waals surface area contributed by atoms with E-state index in [-0.39, 0.29) is 48.7 Å². The number of rotatable bonds is 15. The van der Waals surface area contributed by atoms with Crippen LogP contribution in [0.15, 0.2) is 163 Å². The van der Waals surface area contributed by atoms with Gasteiger partial charge in [0.2, 0.25) is 0 Å². The second-order valence-corrected chi connectivity index (χ2v) is 16.8. The molecular formula is C53H51NO14. The lowest BCUT2D eigenvalue weighted by Crippen LogP contribution is -2.69. The topological polar surface area (TPSA) is 175 Å². The van der Waals surface area contributed by atoms with Gasteiger partial charge < -0.3 is 47.7 Å². The molecule has 0 unspecified atom stereocenters. The molecule has 15 nitrogen and oxygen atoms in total. The Morgan fingerprint density at radius 1 is 0.618 bits per heavy atom. The SMILES string of the molecule is CC1=C(C)C(=O)N([C@@H]2[C@@H](OCc3ccccc3)[C@H](O[C@@H]3O[C@@H]4CO[C@@H](c5ccccc5)O[C@H]4[C@H](OC(=O)c4ccccc4)[C@@H]3OC(=O)c3ccccc3)[C@@H](COCc3ccccc3)O[C@H]2O)C1=O. The fourth-order valence-electron chi connectivity index (χ4n) is 8.73. The number of carbonyl (C=O) groups excluding carboxylic acids is 4. The van der Waals surface area contributed by atoms with E-state index in [0.717, 1.165) is 16.0 Å². The molecule has 5 aromatic carbocycles. The number of hydrogen-bond acceptors (Lipinski definition) is 14. The van der Waals surface area contributed by atoms with Crippen LogP contribution in [-0.2, 0) is 65.4 Å². The number of hydrogen-bond donors (Lipinski definition) is 1. The maximum Gasteiger partial charge on any atom is 0.338 e. The van der Waals surface area contributed by atoms with Crippen LogP contribution in [0.4, 0.5) is 0 Å². The van der Waals surface area contributed by atoms with Gasteiger partial charge in [-0.1, -0.05) is 127 Å². The molecule has 1 N–H and O–H groups in total. The highest BCUT2D eigenvalue weighted by molar-refractivity contribution is 6.19. The van der Waals surface area contributed by atoms with Crippen molar-refractivity contribution in [3.8, 4) is 0 Å². The smallest absolute Gasteiger partial charge is 0.338 e. The van der Waals surface area contributed by atoms with E-state index in [2.05, 4.69) is 0 Å². The summed E-state index contributed by atoms with van der Waals surface area (Å²) < 4.78 is 58.5. The molecule has 9 rings (SSSR count). The number of imide groups is 1. The third-order valence-corrected chi connectivity index (χ3v) is 12.4. The van der Waals surface area contributed by atoms with Crippen LogP contribution < -0.4 is 0 Å². The molecule has 0 aromatic heterocycles. The molecule has 3 fully saturated rings. The fraction of sp³-hybridized carbons (Fsp3) is 0.321. The predicted molar refractivity (Wildman–Crippen MR) is 241 cm³/mol. The van der Waals surface area contributed by atoms with Crippen LogP contribution in [0.25, 0.3) is 0 Å². The molecule has 4 aliphatic heterocycles. The van der Waals surface area contributed by atoms with Crippen molar-refractivity contribution in [2.75, 3.05) is 13.2 Å². The Kier molecular flexibility index (Phi) is 14.6. The molecule has 0 aliphatic carbocycles. The summed E-state index contributed by atoms with van der Waals surface area (Å²) in [6.45, 7) is 2.87. The van der Waals surface area contributed by atoms with Crippen LogP contribution in [0, 0.1) is 0 Å². The van der Waals surface area contributed by atoms with E-state index >= 15 is 0 Å². The molecule has 68 heavy (non-hydrogen) atoms. The van der Waals surface area contributed by atoms with E-state index in [0.29, 0.717) is 5.56 Å². The third-order valence-electron chi connectivity index (χ3n) is 12.4. The van der Waals surface area contributed by atoms with E-state index in [4.69, 9.17) is 42.6 Å². The first-order valence-electron chi connectivity index (χ1n) is 22.5. The highest BCUT2D eigenvalue weighted by atomic mass is 16.8. The van der Waals surface area contributed by atoms with Gasteiger partial charge >= 0.3 is 11.9 Å². The van der Waals surface area contributed by atoms with E-state index < -0.39 is 91.4 Å². The Morgan fingerprint density at radius 3 is 1.71 bits per heavy atom. The zero-order chi connectivity index (χ0) is 47.1. The van der Waals surface area contributed by atoms with Gasteiger partial charge in [0.1, 0.15) is 36.6 Å². The highest BCUT2D eigenvalue weighted by Crippen LogP contribution is 2.40. The Morgan fingerprint density at radius 2 is 1.13 bits per heavy atom. The zero-order valence-corrected chi connectivity index (χ0v) is 37.3. The standard InChI is InChI=1S/C53H51NO14/c1-32-33(2)48(56)54(47(32)55)41-44(61-29-35-20-10-4-11-21-35)42(39(63-51(41)59)30-60-28-34-18-8-3-9-19-34)68-53-46(66-50(58)37-24-14-6-15-25-37)45(65-49(57)36-22-12-5-13-23-36)43-40(64-53)31-62-52(67-43)38-26-16-7-17-27-38/h3-27,39-46,51-53,59H,28-31H2,1-2H3/t39-,40-,41-,42-,43-,44-,45+,46+,51-,52-,53+/m1/s1. The molecule has 11 atom stereocenters. The Balaban J connectivity index is 1.13. The van der Waals surface area contributed by atoms with Crippen molar-refractivity contribution in [1.29, 1.82) is 0 Å². The summed E-state index contributed by atoms with van der Waals surface area (Å²) in [4.78, 5) is 57.2. The van der Waals surface area contributed by atoms with Crippen molar-refractivity contribution in [1.82, 2.24) is 4.90 Å². The summed E-state index contributed by atoms with van der Waals surface area (Å²) in [6.07, 6.45) is -13.2. The number of benzene rings is 5. The number of amides is 2. The first kappa shape index (κ1) is 46.7. The molecule has 352 valence electrons. The second-order valence-electron chi connectivity index (χ2n) is 16.8. The minimum absolute atomic E-state index is 0.0592. The summed E-state index contributed by atoms with van der Waals surface area (Å²) >= 11 is 0. The Hall–Kier alpha value is -6.40. The van der Waals surface area contributed by atoms with Crippen molar-refractivity contribution >= 4 is 23.8 Å². The van der Waals surface area contributed by atoms with Crippen LogP contribution in [0.3, 0.4) is 0 Å². The van der Waals surface area contributed by atoms with Gasteiger partial charge in [0.05, 0.1) is 37.6 Å². The monoisotopic (exact) mass is 925 g/mol. The maximum absolute atomic E-state index is 14.2. The lowest BCUT2D eigenvalue weighted by Gasteiger charge is -2.51. The molecule has 15 heteroatoms. The van der Waals surface area contributed by atoms with Crippen LogP contribution in [0.2, 0.25) is 0 Å². The van der Waals surface area contributed by atoms with E-state index in [1.807, 2.05) is 91.0 Å². The molecule has 4 aliphatic rings. The number of carbonyl (C=O) groups is 4. The molecule has 2 amide bonds. The Bertz CT molecular complexity index is 2520. The normalized spacial score (nSPS) is 28.2. The van der Waals surface area contributed by atoms with Gasteiger partial charge in [0.25, 0.3) is 11.8 Å². The van der Waals surface area contributed by atoms with Gasteiger partial charge in [-0.2, -0.15) is 0 Å². The fourth-order valence-corrected chi connectivity index (χ4v) is 8.73. The van der Waals surface area contributed by atoms with Gasteiger partial charge in [-0.15, -0.1) is 0 Å². The van der Waals surface area contributed by atoms with Crippen molar-refractivity contribution in [2.24, 2.45) is 0 Å². The third kappa shape index (κ3) is 10.2. The van der Waals surface area contributed by atoms with E-state index in [9.17, 15) is 24.3 Å². The van der Waals surface area contributed by atoms with Gasteiger partial charge in [0.15, 0.2) is 31.1 Å². The average molecular weight is 926 g/mol. The van der Waals surface area contributed by atoms with Crippen LogP contribution in [0.5, 0.6) is 0 Å². The minimum atomic E-state index is -1.79. The largest absolute Gasteiger partial charge is 0.452 e. The number of aliphatic hydroxyl groups excluding tert-OH is 1. The van der Waals surface area contributed by atoms with Gasteiger partial charge in [-0.05, 0) is 49.2 Å². The van der Waals surface area contributed by atoms with E-state index in [1.54, 1.807) is 60.7 Å². The molecule has 5 aromatic rings. The molecule has 0 saturated carbocycles. The second kappa shape index (κ2) is 21.3. The van der Waals surface area contributed by atoms with Crippen molar-refractivity contribution < 1.29 is 66.9 Å². The van der Waals surface area contributed by atoms with Crippen LogP contribution in [0.1, 0.15) is 57.5 Å². The lowest BCUT2D eigenvalue weighted by atomic mass is 9.93. The number of nitrogens with zero attached hydrogens (tertiary/aromatic N) is 1. The number of fused-ring (bicyclic) bond motifs is 1. The summed E-state index contributed by atoms with van der Waals surface area (Å²) in [7, 11) is 0. The summed E-state index contributed by atoms with van der Waals surface area (Å²) in [5, 5.41) is 12.0. The molecular weight excluding hydrogens is 875 g/mol. The summed E-state index contributed by atoms with van der Waals surface area (Å²) in [5.41, 5.74) is 3.05. The molecule has 0 radical (unpaired) electrons. The summed E-state index contributed by atoms with van der Waals surface area (Å²) in [6, 6.07) is 42.9.